The lowest BCUT2D eigenvalue weighted by Crippen LogP contribution is -2.04. The second kappa shape index (κ2) is 9.78. The van der Waals surface area contributed by atoms with Crippen LogP contribution >= 0.6 is 0 Å². The maximum absolute atomic E-state index is 6.02. The van der Waals surface area contributed by atoms with E-state index < -0.39 is 0 Å². The standard InChI is InChI=1S/C24H28N4O2/c1-4-5-6-7-16-8-10-18(11-9-16)20-13-17(14-21(29-2)22(20)30-3)12-19-15-27-24(26)28-23(19)25/h6-11,13-15H,4-5,12H2,1-3H3,(H4,25,26,27,28). The molecule has 0 atom stereocenters. The number of nitrogens with zero attached hydrogens (tertiary/aromatic N) is 2. The number of unbranched alkanes of at least 4 members (excludes halogenated alkanes) is 1. The molecule has 0 spiro atoms. The molecule has 0 unspecified atom stereocenters. The number of ether oxygens (including phenoxy) is 2. The molecule has 1 heterocycles. The Labute approximate surface area is 177 Å². The van der Waals surface area contributed by atoms with Gasteiger partial charge in [-0.05, 0) is 35.2 Å². The van der Waals surface area contributed by atoms with Gasteiger partial charge in [0.05, 0.1) is 14.2 Å². The second-order valence-corrected chi connectivity index (χ2v) is 7.01. The van der Waals surface area contributed by atoms with Crippen LogP contribution in [0.3, 0.4) is 0 Å². The van der Waals surface area contributed by atoms with E-state index in [0.717, 1.165) is 35.1 Å². The Bertz CT molecular complexity index is 1030. The van der Waals surface area contributed by atoms with Crippen LogP contribution in [0.2, 0.25) is 0 Å². The SMILES string of the molecule is CCCC=Cc1ccc(-c2cc(Cc3cnc(N)nc3N)cc(OC)c2OC)cc1. The summed E-state index contributed by atoms with van der Waals surface area (Å²) in [5.74, 6) is 1.89. The summed E-state index contributed by atoms with van der Waals surface area (Å²) in [4.78, 5) is 8.11. The van der Waals surface area contributed by atoms with Crippen molar-refractivity contribution in [3.8, 4) is 22.6 Å². The number of hydrogen-bond acceptors (Lipinski definition) is 6. The van der Waals surface area contributed by atoms with E-state index in [1.807, 2.05) is 6.07 Å². The quantitative estimate of drug-likeness (QED) is 0.563. The molecule has 30 heavy (non-hydrogen) atoms. The number of benzene rings is 2. The molecule has 0 amide bonds. The smallest absolute Gasteiger partial charge is 0.221 e. The van der Waals surface area contributed by atoms with Gasteiger partial charge in [-0.3, -0.25) is 0 Å². The van der Waals surface area contributed by atoms with Crippen LogP contribution in [-0.4, -0.2) is 24.2 Å². The Balaban J connectivity index is 1.99. The first-order valence-corrected chi connectivity index (χ1v) is 9.94. The maximum atomic E-state index is 6.02. The molecule has 2 aromatic carbocycles. The lowest BCUT2D eigenvalue weighted by atomic mass is 9.97. The molecule has 6 nitrogen and oxygen atoms in total. The van der Waals surface area contributed by atoms with Crippen molar-refractivity contribution < 1.29 is 9.47 Å². The van der Waals surface area contributed by atoms with Crippen LogP contribution in [0.25, 0.3) is 17.2 Å². The van der Waals surface area contributed by atoms with E-state index in [1.54, 1.807) is 20.4 Å². The predicted molar refractivity (Wildman–Crippen MR) is 123 cm³/mol. The second-order valence-electron chi connectivity index (χ2n) is 7.01. The number of nitrogen functional groups attached to an aromatic ring is 2. The summed E-state index contributed by atoms with van der Waals surface area (Å²) in [7, 11) is 3.28. The third kappa shape index (κ3) is 4.89. The Kier molecular flexibility index (Phi) is 6.91. The average molecular weight is 405 g/mol. The summed E-state index contributed by atoms with van der Waals surface area (Å²) >= 11 is 0. The number of hydrogen-bond donors (Lipinski definition) is 2. The highest BCUT2D eigenvalue weighted by atomic mass is 16.5. The van der Waals surface area contributed by atoms with Gasteiger partial charge in [-0.1, -0.05) is 49.8 Å². The highest BCUT2D eigenvalue weighted by Gasteiger charge is 2.15. The number of allylic oxidation sites excluding steroid dienone is 1. The Hall–Kier alpha value is -3.54. The number of nitrogens with two attached hydrogens (primary N) is 2. The minimum absolute atomic E-state index is 0.164. The van der Waals surface area contributed by atoms with Gasteiger partial charge in [0.1, 0.15) is 5.82 Å². The largest absolute Gasteiger partial charge is 0.493 e. The first-order valence-electron chi connectivity index (χ1n) is 9.94. The molecule has 0 saturated carbocycles. The molecule has 4 N–H and O–H groups in total. The highest BCUT2D eigenvalue weighted by molar-refractivity contribution is 5.76. The van der Waals surface area contributed by atoms with Gasteiger partial charge in [0.25, 0.3) is 0 Å². The van der Waals surface area contributed by atoms with Gasteiger partial charge in [-0.2, -0.15) is 4.98 Å². The summed E-state index contributed by atoms with van der Waals surface area (Å²) in [6.07, 6.45) is 8.77. The molecule has 0 bridgehead atoms. The van der Waals surface area contributed by atoms with E-state index in [9.17, 15) is 0 Å². The van der Waals surface area contributed by atoms with E-state index in [-0.39, 0.29) is 5.95 Å². The predicted octanol–water partition coefficient (Wildman–Crippen LogP) is 4.73. The number of rotatable bonds is 8. The molecule has 0 aliphatic rings. The third-order valence-corrected chi connectivity index (χ3v) is 4.84. The van der Waals surface area contributed by atoms with Crippen LogP contribution in [0.1, 0.15) is 36.5 Å². The van der Waals surface area contributed by atoms with Crippen molar-refractivity contribution in [2.75, 3.05) is 25.7 Å². The Morgan fingerprint density at radius 2 is 1.80 bits per heavy atom. The first kappa shape index (κ1) is 21.2. The van der Waals surface area contributed by atoms with Crippen molar-refractivity contribution in [3.63, 3.8) is 0 Å². The Morgan fingerprint density at radius 1 is 1.03 bits per heavy atom. The molecule has 0 aliphatic carbocycles. The number of anilines is 2. The van der Waals surface area contributed by atoms with Crippen molar-refractivity contribution in [2.24, 2.45) is 0 Å². The minimum atomic E-state index is 0.164. The van der Waals surface area contributed by atoms with Crippen LogP contribution in [0.4, 0.5) is 11.8 Å². The first-order chi connectivity index (χ1) is 14.5. The van der Waals surface area contributed by atoms with E-state index in [0.29, 0.717) is 23.7 Å². The normalized spacial score (nSPS) is 11.0. The van der Waals surface area contributed by atoms with Crippen LogP contribution in [0.5, 0.6) is 11.5 Å². The van der Waals surface area contributed by atoms with Crippen LogP contribution < -0.4 is 20.9 Å². The lowest BCUT2D eigenvalue weighted by Gasteiger charge is -2.16. The van der Waals surface area contributed by atoms with E-state index in [4.69, 9.17) is 20.9 Å². The van der Waals surface area contributed by atoms with Crippen LogP contribution in [-0.2, 0) is 6.42 Å². The van der Waals surface area contributed by atoms with Crippen molar-refractivity contribution in [1.82, 2.24) is 9.97 Å². The van der Waals surface area contributed by atoms with Crippen LogP contribution in [0.15, 0.2) is 48.7 Å². The van der Waals surface area contributed by atoms with Gasteiger partial charge < -0.3 is 20.9 Å². The molecule has 0 fully saturated rings. The molecule has 6 heteroatoms. The van der Waals surface area contributed by atoms with Crippen LogP contribution in [0, 0.1) is 0 Å². The molecule has 0 radical (unpaired) electrons. The molecular formula is C24H28N4O2. The fraction of sp³-hybridized carbons (Fsp3) is 0.250. The van der Waals surface area contributed by atoms with Gasteiger partial charge in [0, 0.05) is 23.7 Å². The van der Waals surface area contributed by atoms with Gasteiger partial charge in [0.15, 0.2) is 11.5 Å². The zero-order valence-corrected chi connectivity index (χ0v) is 17.7. The van der Waals surface area contributed by atoms with E-state index >= 15 is 0 Å². The van der Waals surface area contributed by atoms with Crippen molar-refractivity contribution in [3.05, 3.63) is 65.4 Å². The van der Waals surface area contributed by atoms with Gasteiger partial charge in [0.2, 0.25) is 5.95 Å². The zero-order chi connectivity index (χ0) is 21.5. The van der Waals surface area contributed by atoms with Crippen molar-refractivity contribution in [1.29, 1.82) is 0 Å². The highest BCUT2D eigenvalue weighted by Crippen LogP contribution is 2.40. The van der Waals surface area contributed by atoms with E-state index in [1.165, 1.54) is 5.56 Å². The number of aromatic nitrogens is 2. The monoisotopic (exact) mass is 404 g/mol. The van der Waals surface area contributed by atoms with Crippen molar-refractivity contribution >= 4 is 17.8 Å². The molecule has 1 aromatic heterocycles. The van der Waals surface area contributed by atoms with Gasteiger partial charge in [-0.25, -0.2) is 4.98 Å². The Morgan fingerprint density at radius 3 is 2.43 bits per heavy atom. The third-order valence-electron chi connectivity index (χ3n) is 4.84. The summed E-state index contributed by atoms with van der Waals surface area (Å²) in [6, 6.07) is 12.4. The number of methoxy groups -OCH3 is 2. The van der Waals surface area contributed by atoms with Crippen molar-refractivity contribution in [2.45, 2.75) is 26.2 Å². The minimum Gasteiger partial charge on any atom is -0.493 e. The molecule has 0 aliphatic heterocycles. The average Bonchev–Trinajstić information content (AvgIpc) is 2.75. The van der Waals surface area contributed by atoms with Gasteiger partial charge >= 0.3 is 0 Å². The molecular weight excluding hydrogens is 376 g/mol. The topological polar surface area (TPSA) is 96.3 Å². The van der Waals surface area contributed by atoms with Gasteiger partial charge in [-0.15, -0.1) is 0 Å². The summed E-state index contributed by atoms with van der Waals surface area (Å²) < 4.78 is 11.3. The fourth-order valence-corrected chi connectivity index (χ4v) is 3.29. The summed E-state index contributed by atoms with van der Waals surface area (Å²) in [5, 5.41) is 0. The summed E-state index contributed by atoms with van der Waals surface area (Å²) in [5.41, 5.74) is 16.6. The zero-order valence-electron chi connectivity index (χ0n) is 17.7. The molecule has 156 valence electrons. The van der Waals surface area contributed by atoms with E-state index in [2.05, 4.69) is 59.4 Å². The maximum Gasteiger partial charge on any atom is 0.221 e. The molecule has 0 saturated heterocycles. The molecule has 3 rings (SSSR count). The lowest BCUT2D eigenvalue weighted by molar-refractivity contribution is 0.356. The molecule has 3 aromatic rings. The fourth-order valence-electron chi connectivity index (χ4n) is 3.29. The summed E-state index contributed by atoms with van der Waals surface area (Å²) in [6.45, 7) is 2.17.